The SMILES string of the molecule is CCNCC(=O)OCCO. The first-order valence-corrected chi connectivity index (χ1v) is 3.28. The highest BCUT2D eigenvalue weighted by Gasteiger charge is 1.98. The number of nitrogens with one attached hydrogen (secondary N) is 1. The summed E-state index contributed by atoms with van der Waals surface area (Å²) < 4.78 is 4.54. The minimum Gasteiger partial charge on any atom is -0.462 e. The Morgan fingerprint density at radius 1 is 1.70 bits per heavy atom. The average molecular weight is 147 g/mol. The van der Waals surface area contributed by atoms with E-state index in [-0.39, 0.29) is 25.7 Å². The molecule has 0 bridgehead atoms. The molecule has 0 aromatic heterocycles. The summed E-state index contributed by atoms with van der Waals surface area (Å²) in [6, 6.07) is 0. The first-order valence-electron chi connectivity index (χ1n) is 3.28. The van der Waals surface area contributed by atoms with Gasteiger partial charge >= 0.3 is 5.97 Å². The maximum absolute atomic E-state index is 10.6. The number of carbonyl (C=O) groups excluding carboxylic acids is 1. The van der Waals surface area contributed by atoms with Crippen molar-refractivity contribution in [1.29, 1.82) is 0 Å². The summed E-state index contributed by atoms with van der Waals surface area (Å²) in [6.07, 6.45) is 0. The van der Waals surface area contributed by atoms with Crippen LogP contribution in [0.25, 0.3) is 0 Å². The zero-order chi connectivity index (χ0) is 7.82. The monoisotopic (exact) mass is 147 g/mol. The van der Waals surface area contributed by atoms with Crippen LogP contribution in [0, 0.1) is 0 Å². The second-order valence-corrected chi connectivity index (χ2v) is 1.72. The number of ether oxygens (including phenoxy) is 1. The first-order chi connectivity index (χ1) is 4.81. The minimum absolute atomic E-state index is 0.0875. The fourth-order valence-corrected chi connectivity index (χ4v) is 0.438. The topological polar surface area (TPSA) is 58.6 Å². The van der Waals surface area contributed by atoms with Gasteiger partial charge in [0.2, 0.25) is 0 Å². The van der Waals surface area contributed by atoms with Crippen LogP contribution < -0.4 is 5.32 Å². The predicted octanol–water partition coefficient (Wildman–Crippen LogP) is -0.869. The van der Waals surface area contributed by atoms with Crippen LogP contribution in [0.5, 0.6) is 0 Å². The van der Waals surface area contributed by atoms with Crippen molar-refractivity contribution in [2.75, 3.05) is 26.3 Å². The third-order valence-corrected chi connectivity index (χ3v) is 0.874. The van der Waals surface area contributed by atoms with Gasteiger partial charge in [0, 0.05) is 0 Å². The summed E-state index contributed by atoms with van der Waals surface area (Å²) in [5.41, 5.74) is 0. The second kappa shape index (κ2) is 6.51. The van der Waals surface area contributed by atoms with Crippen LogP contribution in [0.15, 0.2) is 0 Å². The quantitative estimate of drug-likeness (QED) is 0.496. The molecule has 10 heavy (non-hydrogen) atoms. The number of aliphatic hydroxyl groups excluding tert-OH is 1. The van der Waals surface area contributed by atoms with E-state index in [0.29, 0.717) is 0 Å². The van der Waals surface area contributed by atoms with Crippen LogP contribution in [-0.2, 0) is 9.53 Å². The lowest BCUT2D eigenvalue weighted by molar-refractivity contribution is -0.143. The summed E-state index contributed by atoms with van der Waals surface area (Å²) in [5.74, 6) is -0.323. The van der Waals surface area contributed by atoms with Gasteiger partial charge < -0.3 is 15.2 Å². The molecular formula is C6H13NO3. The molecule has 60 valence electrons. The van der Waals surface area contributed by atoms with Gasteiger partial charge in [-0.25, -0.2) is 0 Å². The highest BCUT2D eigenvalue weighted by molar-refractivity contribution is 5.71. The van der Waals surface area contributed by atoms with Gasteiger partial charge in [-0.3, -0.25) is 4.79 Å². The van der Waals surface area contributed by atoms with Crippen molar-refractivity contribution in [2.24, 2.45) is 0 Å². The molecule has 0 amide bonds. The van der Waals surface area contributed by atoms with Gasteiger partial charge in [-0.1, -0.05) is 6.92 Å². The van der Waals surface area contributed by atoms with Gasteiger partial charge in [0.15, 0.2) is 0 Å². The van der Waals surface area contributed by atoms with Crippen LogP contribution in [0.4, 0.5) is 0 Å². The molecule has 0 rings (SSSR count). The third kappa shape index (κ3) is 5.53. The number of hydrogen-bond acceptors (Lipinski definition) is 4. The Labute approximate surface area is 60.2 Å². The molecule has 0 spiro atoms. The lowest BCUT2D eigenvalue weighted by Crippen LogP contribution is -2.25. The minimum atomic E-state index is -0.323. The van der Waals surface area contributed by atoms with E-state index in [1.807, 2.05) is 6.92 Å². The zero-order valence-corrected chi connectivity index (χ0v) is 6.09. The fourth-order valence-electron chi connectivity index (χ4n) is 0.438. The summed E-state index contributed by atoms with van der Waals surface area (Å²) in [5, 5.41) is 11.0. The van der Waals surface area contributed by atoms with Crippen molar-refractivity contribution in [3.05, 3.63) is 0 Å². The molecular weight excluding hydrogens is 134 g/mol. The largest absolute Gasteiger partial charge is 0.462 e. The van der Waals surface area contributed by atoms with Crippen LogP contribution in [0.2, 0.25) is 0 Å². The standard InChI is InChI=1S/C6H13NO3/c1-2-7-5-6(9)10-4-3-8/h7-8H,2-5H2,1H3. The summed E-state index contributed by atoms with van der Waals surface area (Å²) in [4.78, 5) is 10.6. The molecule has 0 aliphatic heterocycles. The van der Waals surface area contributed by atoms with Crippen molar-refractivity contribution in [1.82, 2.24) is 5.32 Å². The normalized spacial score (nSPS) is 9.40. The Morgan fingerprint density at radius 2 is 2.40 bits per heavy atom. The number of aliphatic hydroxyl groups is 1. The molecule has 0 saturated heterocycles. The Bertz CT molecular complexity index is 85.0. The molecule has 0 unspecified atom stereocenters. The molecule has 0 heterocycles. The number of carbonyl (C=O) groups is 1. The van der Waals surface area contributed by atoms with Crippen LogP contribution in [0.1, 0.15) is 6.92 Å². The number of likely N-dealkylation sites (N-methyl/N-ethyl adjacent to an activating group) is 1. The highest BCUT2D eigenvalue weighted by atomic mass is 16.5. The Kier molecular flexibility index (Phi) is 6.11. The Hall–Kier alpha value is -0.610. The van der Waals surface area contributed by atoms with Gasteiger partial charge in [0.05, 0.1) is 13.2 Å². The van der Waals surface area contributed by atoms with Gasteiger partial charge in [-0.05, 0) is 6.54 Å². The maximum atomic E-state index is 10.6. The number of hydrogen-bond donors (Lipinski definition) is 2. The van der Waals surface area contributed by atoms with Crippen LogP contribution in [-0.4, -0.2) is 37.4 Å². The molecule has 0 aromatic carbocycles. The van der Waals surface area contributed by atoms with Gasteiger partial charge in [0.25, 0.3) is 0 Å². The van der Waals surface area contributed by atoms with Gasteiger partial charge in [0.1, 0.15) is 6.61 Å². The highest BCUT2D eigenvalue weighted by Crippen LogP contribution is 1.74. The fraction of sp³-hybridized carbons (Fsp3) is 0.833. The molecule has 0 aromatic rings. The van der Waals surface area contributed by atoms with E-state index in [1.54, 1.807) is 0 Å². The van der Waals surface area contributed by atoms with E-state index in [2.05, 4.69) is 10.1 Å². The number of esters is 1. The molecule has 0 aliphatic carbocycles. The van der Waals surface area contributed by atoms with Crippen molar-refractivity contribution < 1.29 is 14.6 Å². The van der Waals surface area contributed by atoms with Crippen molar-refractivity contribution in [3.63, 3.8) is 0 Å². The van der Waals surface area contributed by atoms with E-state index in [4.69, 9.17) is 5.11 Å². The van der Waals surface area contributed by atoms with Crippen molar-refractivity contribution in [3.8, 4) is 0 Å². The maximum Gasteiger partial charge on any atom is 0.319 e. The van der Waals surface area contributed by atoms with Crippen LogP contribution >= 0.6 is 0 Å². The number of rotatable bonds is 5. The third-order valence-electron chi connectivity index (χ3n) is 0.874. The van der Waals surface area contributed by atoms with Crippen molar-refractivity contribution in [2.45, 2.75) is 6.92 Å². The molecule has 4 nitrogen and oxygen atoms in total. The molecule has 0 atom stereocenters. The van der Waals surface area contributed by atoms with Gasteiger partial charge in [-0.15, -0.1) is 0 Å². The molecule has 4 heteroatoms. The second-order valence-electron chi connectivity index (χ2n) is 1.72. The van der Waals surface area contributed by atoms with E-state index < -0.39 is 0 Å². The summed E-state index contributed by atoms with van der Waals surface area (Å²) in [6.45, 7) is 2.84. The zero-order valence-electron chi connectivity index (χ0n) is 6.09. The molecule has 0 aliphatic rings. The molecule has 0 radical (unpaired) electrons. The van der Waals surface area contributed by atoms with Gasteiger partial charge in [-0.2, -0.15) is 0 Å². The molecule has 0 fully saturated rings. The van der Waals surface area contributed by atoms with E-state index in [9.17, 15) is 4.79 Å². The van der Waals surface area contributed by atoms with E-state index >= 15 is 0 Å². The summed E-state index contributed by atoms with van der Waals surface area (Å²) in [7, 11) is 0. The lowest BCUT2D eigenvalue weighted by Gasteiger charge is -2.01. The molecule has 0 saturated carbocycles. The molecule has 2 N–H and O–H groups in total. The predicted molar refractivity (Wildman–Crippen MR) is 36.6 cm³/mol. The Morgan fingerprint density at radius 3 is 2.90 bits per heavy atom. The first kappa shape index (κ1) is 9.39. The van der Waals surface area contributed by atoms with Crippen molar-refractivity contribution >= 4 is 5.97 Å². The average Bonchev–Trinajstić information content (AvgIpc) is 1.97. The Balaban J connectivity index is 3.09. The summed E-state index contributed by atoms with van der Waals surface area (Å²) >= 11 is 0. The lowest BCUT2D eigenvalue weighted by atomic mass is 10.6. The van der Waals surface area contributed by atoms with Crippen LogP contribution in [0.3, 0.4) is 0 Å². The van der Waals surface area contributed by atoms with E-state index in [1.165, 1.54) is 0 Å². The smallest absolute Gasteiger partial charge is 0.319 e. The van der Waals surface area contributed by atoms with E-state index in [0.717, 1.165) is 6.54 Å².